The van der Waals surface area contributed by atoms with Crippen LogP contribution in [0.25, 0.3) is 11.0 Å². The molecule has 10 heteroatoms. The van der Waals surface area contributed by atoms with Gasteiger partial charge in [-0.1, -0.05) is 18.2 Å². The van der Waals surface area contributed by atoms with E-state index in [9.17, 15) is 13.7 Å². The number of hydrogen-bond acceptors (Lipinski definition) is 7. The van der Waals surface area contributed by atoms with Crippen LogP contribution in [0, 0.1) is 18.3 Å². The zero-order chi connectivity index (χ0) is 21.1. The maximum atomic E-state index is 13.0. The van der Waals surface area contributed by atoms with Crippen molar-refractivity contribution in [3.8, 4) is 6.07 Å². The van der Waals surface area contributed by atoms with Crippen molar-refractivity contribution in [2.24, 2.45) is 5.10 Å². The summed E-state index contributed by atoms with van der Waals surface area (Å²) in [5.41, 5.74) is 5.45. The molecule has 30 heavy (non-hydrogen) atoms. The van der Waals surface area contributed by atoms with Crippen LogP contribution >= 0.6 is 0 Å². The van der Waals surface area contributed by atoms with Crippen molar-refractivity contribution in [1.29, 1.82) is 5.26 Å². The SMILES string of the molecule is Cc1ccc(NN=C(C#N)c2nc3ccccc3[nH]2)cc1S(=O)(=O)N1CCOCC1. The van der Waals surface area contributed by atoms with E-state index in [0.717, 1.165) is 11.0 Å². The minimum absolute atomic E-state index is 0.0596. The Morgan fingerprint density at radius 2 is 2.03 bits per heavy atom. The van der Waals surface area contributed by atoms with Gasteiger partial charge >= 0.3 is 0 Å². The molecule has 3 aromatic rings. The number of aromatic nitrogens is 2. The van der Waals surface area contributed by atoms with Gasteiger partial charge in [-0.2, -0.15) is 14.7 Å². The Morgan fingerprint density at radius 3 is 2.77 bits per heavy atom. The zero-order valence-corrected chi connectivity index (χ0v) is 17.1. The number of para-hydroxylation sites is 2. The van der Waals surface area contributed by atoms with Crippen LogP contribution in [0.1, 0.15) is 11.4 Å². The van der Waals surface area contributed by atoms with E-state index < -0.39 is 10.0 Å². The van der Waals surface area contributed by atoms with Gasteiger partial charge in [-0.3, -0.25) is 5.43 Å². The molecule has 2 heterocycles. The fourth-order valence-electron chi connectivity index (χ4n) is 3.19. The van der Waals surface area contributed by atoms with Crippen molar-refractivity contribution < 1.29 is 13.2 Å². The molecule has 0 radical (unpaired) electrons. The monoisotopic (exact) mass is 424 g/mol. The molecule has 0 bridgehead atoms. The Hall–Kier alpha value is -3.26. The molecule has 0 unspecified atom stereocenters. The van der Waals surface area contributed by atoms with Crippen LogP contribution in [0.2, 0.25) is 0 Å². The highest BCUT2D eigenvalue weighted by atomic mass is 32.2. The number of sulfonamides is 1. The molecular weight excluding hydrogens is 404 g/mol. The summed E-state index contributed by atoms with van der Waals surface area (Å²) in [7, 11) is -3.65. The minimum atomic E-state index is -3.65. The molecular formula is C20H20N6O3S. The van der Waals surface area contributed by atoms with Crippen molar-refractivity contribution in [3.63, 3.8) is 0 Å². The van der Waals surface area contributed by atoms with Gasteiger partial charge < -0.3 is 9.72 Å². The summed E-state index contributed by atoms with van der Waals surface area (Å²) in [5.74, 6) is 0.333. The standard InChI is InChI=1S/C20H20N6O3S/c1-14-6-7-15(12-19(14)30(27,28)26-8-10-29-11-9-26)24-25-18(13-21)20-22-16-4-2-3-5-17(16)23-20/h2-7,12,24H,8-11H2,1H3,(H,22,23). The number of anilines is 1. The Labute approximate surface area is 174 Å². The quantitative estimate of drug-likeness (QED) is 0.478. The third-order valence-electron chi connectivity index (χ3n) is 4.79. The van der Waals surface area contributed by atoms with Crippen LogP contribution in [-0.2, 0) is 14.8 Å². The summed E-state index contributed by atoms with van der Waals surface area (Å²) in [6, 6.07) is 14.4. The summed E-state index contributed by atoms with van der Waals surface area (Å²) in [6.45, 7) is 3.15. The number of H-pyrrole nitrogens is 1. The number of nitrogens with one attached hydrogen (secondary N) is 2. The average molecular weight is 424 g/mol. The van der Waals surface area contributed by atoms with E-state index in [1.165, 1.54) is 10.4 Å². The van der Waals surface area contributed by atoms with E-state index in [2.05, 4.69) is 20.5 Å². The van der Waals surface area contributed by atoms with E-state index in [4.69, 9.17) is 4.74 Å². The number of hydrogen-bond donors (Lipinski definition) is 2. The largest absolute Gasteiger partial charge is 0.379 e. The van der Waals surface area contributed by atoms with E-state index >= 15 is 0 Å². The highest BCUT2D eigenvalue weighted by molar-refractivity contribution is 7.89. The molecule has 1 fully saturated rings. The fourth-order valence-corrected chi connectivity index (χ4v) is 4.85. The van der Waals surface area contributed by atoms with Crippen LogP contribution in [-0.4, -0.2) is 54.7 Å². The van der Waals surface area contributed by atoms with Crippen molar-refractivity contribution in [3.05, 3.63) is 53.9 Å². The first kappa shape index (κ1) is 20.0. The number of hydrazone groups is 1. The first-order valence-corrected chi connectivity index (χ1v) is 10.8. The Balaban J connectivity index is 1.61. The lowest BCUT2D eigenvalue weighted by Gasteiger charge is -2.26. The average Bonchev–Trinajstić information content (AvgIpc) is 3.19. The Morgan fingerprint density at radius 1 is 1.27 bits per heavy atom. The molecule has 0 aliphatic carbocycles. The number of nitrogens with zero attached hydrogens (tertiary/aromatic N) is 4. The summed E-state index contributed by atoms with van der Waals surface area (Å²) in [5, 5.41) is 13.6. The maximum Gasteiger partial charge on any atom is 0.243 e. The van der Waals surface area contributed by atoms with Crippen molar-refractivity contribution >= 4 is 32.5 Å². The molecule has 0 atom stereocenters. The predicted molar refractivity (Wildman–Crippen MR) is 113 cm³/mol. The van der Waals surface area contributed by atoms with Crippen molar-refractivity contribution in [1.82, 2.24) is 14.3 Å². The van der Waals surface area contributed by atoms with Crippen LogP contribution < -0.4 is 5.43 Å². The Kier molecular flexibility index (Phi) is 5.50. The smallest absolute Gasteiger partial charge is 0.243 e. The molecule has 154 valence electrons. The number of benzene rings is 2. The van der Waals surface area contributed by atoms with E-state index in [-0.39, 0.29) is 10.6 Å². The number of rotatable bonds is 5. The molecule has 2 N–H and O–H groups in total. The van der Waals surface area contributed by atoms with E-state index in [0.29, 0.717) is 43.4 Å². The van der Waals surface area contributed by atoms with Gasteiger partial charge in [0.05, 0.1) is 34.8 Å². The number of aryl methyl sites for hydroxylation is 1. The number of ether oxygens (including phenoxy) is 1. The number of aromatic amines is 1. The Bertz CT molecular complexity index is 1220. The molecule has 2 aromatic carbocycles. The first-order valence-electron chi connectivity index (χ1n) is 9.36. The number of fused-ring (bicyclic) bond motifs is 1. The molecule has 0 amide bonds. The van der Waals surface area contributed by atoms with E-state index in [1.54, 1.807) is 19.1 Å². The van der Waals surface area contributed by atoms with Gasteiger partial charge in [0, 0.05) is 13.1 Å². The van der Waals surface area contributed by atoms with Gasteiger partial charge in [0.15, 0.2) is 5.82 Å². The van der Waals surface area contributed by atoms with Crippen LogP contribution in [0.4, 0.5) is 5.69 Å². The molecule has 1 saturated heterocycles. The fraction of sp³-hybridized carbons (Fsp3) is 0.250. The molecule has 0 spiro atoms. The number of imidazole rings is 1. The van der Waals surface area contributed by atoms with E-state index in [1.807, 2.05) is 30.3 Å². The van der Waals surface area contributed by atoms with Crippen LogP contribution in [0.15, 0.2) is 52.5 Å². The molecule has 1 aliphatic rings. The normalized spacial score (nSPS) is 15.8. The lowest BCUT2D eigenvalue weighted by Crippen LogP contribution is -2.40. The predicted octanol–water partition coefficient (Wildman–Crippen LogP) is 2.23. The highest BCUT2D eigenvalue weighted by Gasteiger charge is 2.28. The molecule has 1 aromatic heterocycles. The second kappa shape index (κ2) is 8.23. The lowest BCUT2D eigenvalue weighted by atomic mass is 10.2. The van der Waals surface area contributed by atoms with Gasteiger partial charge in [-0.05, 0) is 36.8 Å². The summed E-state index contributed by atoms with van der Waals surface area (Å²) >= 11 is 0. The lowest BCUT2D eigenvalue weighted by molar-refractivity contribution is 0.0730. The number of morpholine rings is 1. The van der Waals surface area contributed by atoms with Gasteiger partial charge in [-0.25, -0.2) is 13.4 Å². The maximum absolute atomic E-state index is 13.0. The summed E-state index contributed by atoms with van der Waals surface area (Å²) < 4.78 is 32.7. The van der Waals surface area contributed by atoms with Crippen molar-refractivity contribution in [2.45, 2.75) is 11.8 Å². The molecule has 1 aliphatic heterocycles. The highest BCUT2D eigenvalue weighted by Crippen LogP contribution is 2.24. The summed E-state index contributed by atoms with van der Waals surface area (Å²) in [6.07, 6.45) is 0. The van der Waals surface area contributed by atoms with Gasteiger partial charge in [-0.15, -0.1) is 0 Å². The molecule has 0 saturated carbocycles. The first-order chi connectivity index (χ1) is 14.5. The zero-order valence-electron chi connectivity index (χ0n) is 16.3. The topological polar surface area (TPSA) is 123 Å². The third-order valence-corrected chi connectivity index (χ3v) is 6.83. The minimum Gasteiger partial charge on any atom is -0.379 e. The molecule has 4 rings (SSSR count). The molecule has 9 nitrogen and oxygen atoms in total. The van der Waals surface area contributed by atoms with Gasteiger partial charge in [0.1, 0.15) is 6.07 Å². The number of nitriles is 1. The third kappa shape index (κ3) is 3.91. The van der Waals surface area contributed by atoms with Gasteiger partial charge in [0.25, 0.3) is 0 Å². The second-order valence-corrected chi connectivity index (χ2v) is 8.69. The van der Waals surface area contributed by atoms with Gasteiger partial charge in [0.2, 0.25) is 15.7 Å². The van der Waals surface area contributed by atoms with Crippen LogP contribution in [0.5, 0.6) is 0 Å². The second-order valence-electron chi connectivity index (χ2n) is 6.78. The van der Waals surface area contributed by atoms with Crippen LogP contribution in [0.3, 0.4) is 0 Å². The summed E-state index contributed by atoms with van der Waals surface area (Å²) in [4.78, 5) is 7.62. The van der Waals surface area contributed by atoms with Crippen molar-refractivity contribution in [2.75, 3.05) is 31.7 Å².